The Balaban J connectivity index is 1.34. The Labute approximate surface area is 232 Å². The minimum Gasteiger partial charge on any atom is -0.478 e. The molecule has 0 unspecified atom stereocenters. The van der Waals surface area contributed by atoms with Gasteiger partial charge in [-0.1, -0.05) is 11.6 Å². The zero-order valence-corrected chi connectivity index (χ0v) is 23.4. The average molecular weight is 555 g/mol. The molecule has 39 heavy (non-hydrogen) atoms. The second-order valence-corrected chi connectivity index (χ2v) is 10.4. The maximum atomic E-state index is 12.9. The lowest BCUT2D eigenvalue weighted by molar-refractivity contribution is -0.122. The summed E-state index contributed by atoms with van der Waals surface area (Å²) in [6.07, 6.45) is 2.86. The number of anilines is 3. The van der Waals surface area contributed by atoms with Crippen LogP contribution < -0.4 is 25.8 Å². The summed E-state index contributed by atoms with van der Waals surface area (Å²) in [5.74, 6) is 0.974. The number of hydrogen-bond donors (Lipinski definition) is 2. The van der Waals surface area contributed by atoms with E-state index in [0.717, 1.165) is 55.9 Å². The quantitative estimate of drug-likeness (QED) is 0.433. The molecule has 12 heteroatoms. The number of amides is 1. The molecule has 1 aromatic carbocycles. The van der Waals surface area contributed by atoms with Crippen molar-refractivity contribution in [2.45, 2.75) is 25.9 Å². The van der Waals surface area contributed by atoms with Crippen molar-refractivity contribution >= 4 is 45.9 Å². The van der Waals surface area contributed by atoms with Crippen molar-refractivity contribution in [2.75, 3.05) is 70.2 Å². The van der Waals surface area contributed by atoms with Gasteiger partial charge in [0.05, 0.1) is 11.7 Å². The van der Waals surface area contributed by atoms with E-state index >= 15 is 0 Å². The van der Waals surface area contributed by atoms with Crippen LogP contribution in [0.5, 0.6) is 5.75 Å². The van der Waals surface area contributed by atoms with Gasteiger partial charge in [-0.05, 0) is 51.2 Å². The fourth-order valence-corrected chi connectivity index (χ4v) is 5.44. The number of benzene rings is 1. The number of aromatic nitrogens is 3. The zero-order valence-electron chi connectivity index (χ0n) is 22.6. The number of rotatable bonds is 8. The molecular formula is C27H35ClN8O3. The number of likely N-dealkylation sites (tertiary alicyclic amines) is 1. The van der Waals surface area contributed by atoms with Gasteiger partial charge in [0.15, 0.2) is 18.2 Å². The minimum atomic E-state index is -0.310. The second-order valence-electron chi connectivity index (χ2n) is 10.0. The number of fused-ring (bicyclic) bond motifs is 1. The highest BCUT2D eigenvalue weighted by Crippen LogP contribution is 2.28. The number of carbonyl (C=O) groups is 1. The molecule has 0 radical (unpaired) electrons. The summed E-state index contributed by atoms with van der Waals surface area (Å²) < 4.78 is 7.15. The van der Waals surface area contributed by atoms with Gasteiger partial charge in [0.2, 0.25) is 5.95 Å². The molecule has 208 valence electrons. The summed E-state index contributed by atoms with van der Waals surface area (Å²) >= 11 is 6.48. The van der Waals surface area contributed by atoms with Gasteiger partial charge in [0.1, 0.15) is 5.02 Å². The van der Waals surface area contributed by atoms with Crippen molar-refractivity contribution in [1.29, 1.82) is 0 Å². The van der Waals surface area contributed by atoms with Crippen LogP contribution in [0.15, 0.2) is 35.3 Å². The highest BCUT2D eigenvalue weighted by atomic mass is 35.5. The van der Waals surface area contributed by atoms with Crippen LogP contribution in [0, 0.1) is 0 Å². The van der Waals surface area contributed by atoms with Crippen molar-refractivity contribution in [3.63, 3.8) is 0 Å². The molecule has 5 rings (SSSR count). The fourth-order valence-electron chi connectivity index (χ4n) is 5.30. The molecule has 0 saturated carbocycles. The first-order valence-corrected chi connectivity index (χ1v) is 13.7. The topological polar surface area (TPSA) is 108 Å². The molecule has 2 fully saturated rings. The first-order valence-electron chi connectivity index (χ1n) is 13.3. The number of halogens is 1. The number of nitrogens with zero attached hydrogens (tertiary/aromatic N) is 6. The van der Waals surface area contributed by atoms with Crippen molar-refractivity contribution < 1.29 is 9.53 Å². The second kappa shape index (κ2) is 11.8. The molecule has 1 amide bonds. The van der Waals surface area contributed by atoms with Crippen LogP contribution in [0.3, 0.4) is 0 Å². The minimum absolute atomic E-state index is 0.121. The van der Waals surface area contributed by atoms with Gasteiger partial charge in [-0.25, -0.2) is 4.98 Å². The summed E-state index contributed by atoms with van der Waals surface area (Å²) in [5, 5.41) is 7.01. The van der Waals surface area contributed by atoms with Crippen LogP contribution >= 0.6 is 11.6 Å². The number of piperazine rings is 1. The maximum Gasteiger partial charge on any atom is 0.293 e. The lowest BCUT2D eigenvalue weighted by atomic mass is 10.1. The predicted molar refractivity (Wildman–Crippen MR) is 153 cm³/mol. The third-order valence-corrected chi connectivity index (χ3v) is 7.77. The van der Waals surface area contributed by atoms with Crippen LogP contribution in [0.4, 0.5) is 17.5 Å². The summed E-state index contributed by atoms with van der Waals surface area (Å²) in [4.78, 5) is 40.9. The summed E-state index contributed by atoms with van der Waals surface area (Å²) in [5.41, 5.74) is 1.24. The molecule has 3 aromatic rings. The summed E-state index contributed by atoms with van der Waals surface area (Å²) in [6, 6.07) is 7.96. The van der Waals surface area contributed by atoms with Crippen LogP contribution in [-0.4, -0.2) is 96.3 Å². The van der Waals surface area contributed by atoms with Gasteiger partial charge in [-0.15, -0.1) is 0 Å². The van der Waals surface area contributed by atoms with Crippen molar-refractivity contribution in [1.82, 2.24) is 29.7 Å². The number of carbonyl (C=O) groups excluding carboxylic acids is 1. The molecule has 2 aromatic heterocycles. The molecule has 2 saturated heterocycles. The summed E-state index contributed by atoms with van der Waals surface area (Å²) in [6.45, 7) is 8.13. The molecule has 4 heterocycles. The van der Waals surface area contributed by atoms with Crippen molar-refractivity contribution in [3.05, 3.63) is 45.8 Å². The van der Waals surface area contributed by atoms with Gasteiger partial charge in [-0.2, -0.15) is 4.98 Å². The highest BCUT2D eigenvalue weighted by molar-refractivity contribution is 6.32. The van der Waals surface area contributed by atoms with Gasteiger partial charge in [0, 0.05) is 63.4 Å². The Kier molecular flexibility index (Phi) is 8.20. The Morgan fingerprint density at radius 1 is 1.18 bits per heavy atom. The normalized spacial score (nSPS) is 18.5. The van der Waals surface area contributed by atoms with E-state index in [-0.39, 0.29) is 23.8 Å². The molecule has 2 aliphatic rings. The summed E-state index contributed by atoms with van der Waals surface area (Å²) in [7, 11) is 3.71. The first-order chi connectivity index (χ1) is 18.9. The zero-order chi connectivity index (χ0) is 27.5. The third-order valence-electron chi connectivity index (χ3n) is 7.49. The Morgan fingerprint density at radius 2 is 1.97 bits per heavy atom. The number of pyridine rings is 1. The Bertz CT molecular complexity index is 1410. The predicted octanol–water partition coefficient (Wildman–Crippen LogP) is 2.16. The van der Waals surface area contributed by atoms with Gasteiger partial charge < -0.3 is 29.7 Å². The number of likely N-dealkylation sites (N-methyl/N-ethyl adjacent to an activating group) is 2. The number of nitrogens with one attached hydrogen (secondary N) is 2. The molecule has 0 spiro atoms. The van der Waals surface area contributed by atoms with E-state index in [9.17, 15) is 9.59 Å². The average Bonchev–Trinajstić information content (AvgIpc) is 3.39. The van der Waals surface area contributed by atoms with Crippen molar-refractivity contribution in [2.24, 2.45) is 0 Å². The monoisotopic (exact) mass is 554 g/mol. The Hall–Kier alpha value is -3.41. The molecule has 2 N–H and O–H groups in total. The van der Waals surface area contributed by atoms with Crippen LogP contribution in [-0.2, 0) is 11.3 Å². The molecule has 11 nitrogen and oxygen atoms in total. The number of aryl methyl sites for hydroxylation is 1. The van der Waals surface area contributed by atoms with Crippen LogP contribution in [0.2, 0.25) is 5.02 Å². The van der Waals surface area contributed by atoms with Crippen molar-refractivity contribution in [3.8, 4) is 5.75 Å². The molecule has 0 bridgehead atoms. The molecule has 1 atom stereocenters. The van der Waals surface area contributed by atoms with Crippen LogP contribution in [0.25, 0.3) is 10.9 Å². The highest BCUT2D eigenvalue weighted by Gasteiger charge is 2.29. The van der Waals surface area contributed by atoms with E-state index in [0.29, 0.717) is 29.4 Å². The standard InChI is InChI=1S/C27H35ClN8O3/c1-4-36-22-6-5-19(13-18(22)14-23(26(36)38)39-17-24(37)29-2)31-25-21(28)15-30-27(32-25)35-11-9-34(10-12-35)20-7-8-33(3)16-20/h5-6,13-15,20H,4,7-12,16-17H2,1-3H3,(H,29,37)(H,30,31,32)/t20-/m1/s1. The van der Waals surface area contributed by atoms with E-state index in [1.54, 1.807) is 16.8 Å². The third kappa shape index (κ3) is 5.95. The lowest BCUT2D eigenvalue weighted by Gasteiger charge is -2.38. The number of hydrogen-bond acceptors (Lipinski definition) is 9. The Morgan fingerprint density at radius 3 is 2.67 bits per heavy atom. The maximum absolute atomic E-state index is 12.9. The fraction of sp³-hybridized carbons (Fsp3) is 0.481. The molecule has 0 aliphatic carbocycles. The smallest absolute Gasteiger partial charge is 0.293 e. The largest absolute Gasteiger partial charge is 0.478 e. The van der Waals surface area contributed by atoms with E-state index in [1.807, 2.05) is 25.1 Å². The van der Waals surface area contributed by atoms with E-state index in [4.69, 9.17) is 21.3 Å². The van der Waals surface area contributed by atoms with Gasteiger partial charge in [0.25, 0.3) is 11.5 Å². The molecule has 2 aliphatic heterocycles. The van der Waals surface area contributed by atoms with E-state index in [2.05, 4.69) is 37.4 Å². The van der Waals surface area contributed by atoms with Gasteiger partial charge in [-0.3, -0.25) is 14.5 Å². The van der Waals surface area contributed by atoms with Gasteiger partial charge >= 0.3 is 0 Å². The lowest BCUT2D eigenvalue weighted by Crippen LogP contribution is -2.51. The SMILES string of the molecule is CCn1c(=O)c(OCC(=O)NC)cc2cc(Nc3nc(N4CCN([C@@H]5CCN(C)C5)CC4)ncc3Cl)ccc21. The van der Waals surface area contributed by atoms with Crippen LogP contribution in [0.1, 0.15) is 13.3 Å². The number of ether oxygens (including phenoxy) is 1. The van der Waals surface area contributed by atoms with E-state index < -0.39 is 0 Å². The molecular weight excluding hydrogens is 520 g/mol. The van der Waals surface area contributed by atoms with E-state index in [1.165, 1.54) is 13.5 Å². The first kappa shape index (κ1) is 27.2.